The van der Waals surface area contributed by atoms with E-state index in [1.165, 1.54) is 44.9 Å². The fourth-order valence-electron chi connectivity index (χ4n) is 3.22. The Bertz CT molecular complexity index is 215. The first-order chi connectivity index (χ1) is 9.56. The fourth-order valence-corrected chi connectivity index (χ4v) is 3.22. The van der Waals surface area contributed by atoms with E-state index in [-0.39, 0.29) is 11.6 Å². The molecule has 0 amide bonds. The highest BCUT2D eigenvalue weighted by Gasteiger charge is 2.35. The molecule has 20 heavy (non-hydrogen) atoms. The second-order valence-corrected chi connectivity index (χ2v) is 6.31. The van der Waals surface area contributed by atoms with Crippen molar-refractivity contribution in [3.05, 3.63) is 0 Å². The van der Waals surface area contributed by atoms with Crippen molar-refractivity contribution in [2.24, 2.45) is 0 Å². The van der Waals surface area contributed by atoms with Gasteiger partial charge >= 0.3 is 0 Å². The summed E-state index contributed by atoms with van der Waals surface area (Å²) < 4.78 is 0. The van der Waals surface area contributed by atoms with Gasteiger partial charge in [-0.15, -0.1) is 0 Å². The first kappa shape index (κ1) is 19.9. The molecule has 122 valence electrons. The summed E-state index contributed by atoms with van der Waals surface area (Å²) in [5.74, 6) is 0. The smallest absolute Gasteiger partial charge is 0.0721 e. The van der Waals surface area contributed by atoms with Gasteiger partial charge in [0.25, 0.3) is 0 Å². The van der Waals surface area contributed by atoms with Crippen molar-refractivity contribution < 1.29 is 5.11 Å². The van der Waals surface area contributed by atoms with Crippen LogP contribution in [0.25, 0.3) is 0 Å². The first-order valence-electron chi connectivity index (χ1n) is 8.99. The third-order valence-corrected chi connectivity index (χ3v) is 5.00. The van der Waals surface area contributed by atoms with E-state index in [0.29, 0.717) is 0 Å². The molecular formula is C18H39NO. The average molecular weight is 286 g/mol. The molecule has 0 aromatic heterocycles. The van der Waals surface area contributed by atoms with Crippen LogP contribution in [0.4, 0.5) is 0 Å². The Hall–Kier alpha value is -0.0800. The van der Waals surface area contributed by atoms with Gasteiger partial charge in [0.1, 0.15) is 0 Å². The minimum atomic E-state index is -0.192. The summed E-state index contributed by atoms with van der Waals surface area (Å²) in [6, 6.07) is 0. The van der Waals surface area contributed by atoms with E-state index >= 15 is 0 Å². The minimum absolute atomic E-state index is 0.0499. The topological polar surface area (TPSA) is 23.5 Å². The summed E-state index contributed by atoms with van der Waals surface area (Å²) in [5.41, 5.74) is -0.0499. The molecule has 0 radical (unpaired) electrons. The lowest BCUT2D eigenvalue weighted by atomic mass is 9.86. The van der Waals surface area contributed by atoms with Gasteiger partial charge in [-0.1, -0.05) is 72.6 Å². The van der Waals surface area contributed by atoms with Crippen molar-refractivity contribution in [3.8, 4) is 0 Å². The number of aliphatic hydroxyl groups excluding tert-OH is 1. The van der Waals surface area contributed by atoms with Crippen molar-refractivity contribution in [1.29, 1.82) is 0 Å². The zero-order valence-electron chi connectivity index (χ0n) is 14.7. The summed E-state index contributed by atoms with van der Waals surface area (Å²) in [6.45, 7) is 13.1. The molecule has 0 aliphatic rings. The molecule has 0 fully saturated rings. The summed E-state index contributed by atoms with van der Waals surface area (Å²) in [5, 5.41) is 10.6. The number of rotatable bonds is 13. The number of hydrogen-bond donors (Lipinski definition) is 1. The summed E-state index contributed by atoms with van der Waals surface area (Å²) in [6.07, 6.45) is 11.0. The molecule has 0 spiro atoms. The molecule has 0 saturated heterocycles. The summed E-state index contributed by atoms with van der Waals surface area (Å²) in [7, 11) is 0. The van der Waals surface area contributed by atoms with Gasteiger partial charge in [0.15, 0.2) is 0 Å². The highest BCUT2D eigenvalue weighted by atomic mass is 16.3. The third kappa shape index (κ3) is 6.58. The SMILES string of the molecule is CCCCCCCCCC(O)C(C)(CC)N(CC)CC. The maximum absolute atomic E-state index is 10.6. The van der Waals surface area contributed by atoms with E-state index < -0.39 is 0 Å². The molecule has 1 N–H and O–H groups in total. The highest BCUT2D eigenvalue weighted by molar-refractivity contribution is 4.91. The zero-order chi connectivity index (χ0) is 15.4. The lowest BCUT2D eigenvalue weighted by Gasteiger charge is -2.43. The number of aliphatic hydroxyl groups is 1. The number of unbranched alkanes of at least 4 members (excludes halogenated alkanes) is 6. The Kier molecular flexibility index (Phi) is 11.5. The largest absolute Gasteiger partial charge is 0.391 e. The van der Waals surface area contributed by atoms with Crippen LogP contribution in [-0.2, 0) is 0 Å². The number of hydrogen-bond acceptors (Lipinski definition) is 2. The van der Waals surface area contributed by atoms with Gasteiger partial charge in [0.05, 0.1) is 6.10 Å². The van der Waals surface area contributed by atoms with Crippen molar-refractivity contribution in [2.75, 3.05) is 13.1 Å². The second kappa shape index (κ2) is 11.6. The van der Waals surface area contributed by atoms with Crippen LogP contribution in [0.3, 0.4) is 0 Å². The molecule has 0 aliphatic heterocycles. The third-order valence-electron chi connectivity index (χ3n) is 5.00. The second-order valence-electron chi connectivity index (χ2n) is 6.31. The van der Waals surface area contributed by atoms with Crippen molar-refractivity contribution >= 4 is 0 Å². The van der Waals surface area contributed by atoms with Gasteiger partial charge in [-0.2, -0.15) is 0 Å². The monoisotopic (exact) mass is 285 g/mol. The molecule has 0 aromatic rings. The van der Waals surface area contributed by atoms with E-state index in [9.17, 15) is 5.11 Å². The standard InChI is InChI=1S/C18H39NO/c1-6-10-11-12-13-14-15-16-17(20)18(5,7-2)19(8-3)9-4/h17,20H,6-16H2,1-5H3. The van der Waals surface area contributed by atoms with Crippen LogP contribution in [0.2, 0.25) is 0 Å². The van der Waals surface area contributed by atoms with E-state index in [4.69, 9.17) is 0 Å². The molecule has 2 heteroatoms. The van der Waals surface area contributed by atoms with Crippen molar-refractivity contribution in [1.82, 2.24) is 4.90 Å². The number of likely N-dealkylation sites (N-methyl/N-ethyl adjacent to an activating group) is 1. The Balaban J connectivity index is 4.00. The van der Waals surface area contributed by atoms with Crippen molar-refractivity contribution in [2.45, 2.75) is 104 Å². The lowest BCUT2D eigenvalue weighted by molar-refractivity contribution is -0.0248. The van der Waals surface area contributed by atoms with Crippen molar-refractivity contribution in [3.63, 3.8) is 0 Å². The number of nitrogens with zero attached hydrogens (tertiary/aromatic N) is 1. The average Bonchev–Trinajstić information content (AvgIpc) is 2.46. The fraction of sp³-hybridized carbons (Fsp3) is 1.00. The molecule has 0 saturated carbocycles. The summed E-state index contributed by atoms with van der Waals surface area (Å²) in [4.78, 5) is 2.42. The maximum atomic E-state index is 10.6. The highest BCUT2D eigenvalue weighted by Crippen LogP contribution is 2.27. The van der Waals surface area contributed by atoms with Crippen LogP contribution in [-0.4, -0.2) is 34.7 Å². The normalized spacial score (nSPS) is 16.4. The van der Waals surface area contributed by atoms with Crippen LogP contribution in [0, 0.1) is 0 Å². The Labute approximate surface area is 127 Å². The maximum Gasteiger partial charge on any atom is 0.0721 e. The lowest BCUT2D eigenvalue weighted by Crippen LogP contribution is -2.54. The molecule has 0 bridgehead atoms. The van der Waals surface area contributed by atoms with Gasteiger partial charge in [-0.05, 0) is 32.9 Å². The molecule has 0 aromatic carbocycles. The van der Waals surface area contributed by atoms with Gasteiger partial charge in [-0.3, -0.25) is 4.90 Å². The van der Waals surface area contributed by atoms with Crippen LogP contribution < -0.4 is 0 Å². The van der Waals surface area contributed by atoms with Gasteiger partial charge in [0, 0.05) is 5.54 Å². The first-order valence-corrected chi connectivity index (χ1v) is 8.99. The van der Waals surface area contributed by atoms with Gasteiger partial charge < -0.3 is 5.11 Å². The Morgan fingerprint density at radius 2 is 1.35 bits per heavy atom. The predicted octanol–water partition coefficient (Wildman–Crippen LogP) is 5.00. The van der Waals surface area contributed by atoms with Crippen LogP contribution in [0.5, 0.6) is 0 Å². The molecule has 0 heterocycles. The van der Waals surface area contributed by atoms with Crippen LogP contribution in [0.15, 0.2) is 0 Å². The summed E-state index contributed by atoms with van der Waals surface area (Å²) >= 11 is 0. The van der Waals surface area contributed by atoms with E-state index in [1.54, 1.807) is 0 Å². The minimum Gasteiger partial charge on any atom is -0.391 e. The molecule has 2 unspecified atom stereocenters. The van der Waals surface area contributed by atoms with E-state index in [1.807, 2.05) is 0 Å². The van der Waals surface area contributed by atoms with Crippen LogP contribution in [0.1, 0.15) is 92.4 Å². The molecule has 0 aliphatic carbocycles. The van der Waals surface area contributed by atoms with Crippen LogP contribution >= 0.6 is 0 Å². The van der Waals surface area contributed by atoms with Gasteiger partial charge in [0.2, 0.25) is 0 Å². The Morgan fingerprint density at radius 1 is 0.850 bits per heavy atom. The van der Waals surface area contributed by atoms with E-state index in [2.05, 4.69) is 39.5 Å². The predicted molar refractivity (Wildman–Crippen MR) is 90.2 cm³/mol. The molecule has 2 atom stereocenters. The molecule has 2 nitrogen and oxygen atoms in total. The molecular weight excluding hydrogens is 246 g/mol. The quantitative estimate of drug-likeness (QED) is 0.481. The van der Waals surface area contributed by atoms with Gasteiger partial charge in [-0.25, -0.2) is 0 Å². The Morgan fingerprint density at radius 3 is 1.80 bits per heavy atom. The zero-order valence-corrected chi connectivity index (χ0v) is 14.7. The van der Waals surface area contributed by atoms with E-state index in [0.717, 1.165) is 25.9 Å². The molecule has 0 rings (SSSR count).